The second-order valence-electron chi connectivity index (χ2n) is 5.90. The quantitative estimate of drug-likeness (QED) is 0.783. The summed E-state index contributed by atoms with van der Waals surface area (Å²) < 4.78 is 0. The molecule has 0 aromatic heterocycles. The highest BCUT2D eigenvalue weighted by molar-refractivity contribution is 5.75. The van der Waals surface area contributed by atoms with E-state index in [4.69, 9.17) is 0 Å². The van der Waals surface area contributed by atoms with Gasteiger partial charge >= 0.3 is 0 Å². The second kappa shape index (κ2) is 7.13. The Hall–Kier alpha value is -0.570. The van der Waals surface area contributed by atoms with Gasteiger partial charge in [-0.1, -0.05) is 32.6 Å². The van der Waals surface area contributed by atoms with Gasteiger partial charge in [-0.3, -0.25) is 9.69 Å². The van der Waals surface area contributed by atoms with Gasteiger partial charge < -0.3 is 5.32 Å². The van der Waals surface area contributed by atoms with Crippen molar-refractivity contribution < 1.29 is 4.79 Å². The molecule has 0 radical (unpaired) electrons. The van der Waals surface area contributed by atoms with Gasteiger partial charge in [0.1, 0.15) is 0 Å². The smallest absolute Gasteiger partial charge is 0.219 e. The van der Waals surface area contributed by atoms with Gasteiger partial charge in [0.2, 0.25) is 5.91 Å². The second-order valence-corrected chi connectivity index (χ2v) is 5.90. The topological polar surface area (TPSA) is 32.3 Å². The lowest BCUT2D eigenvalue weighted by Crippen LogP contribution is -2.50. The van der Waals surface area contributed by atoms with Crippen molar-refractivity contribution in [3.8, 4) is 0 Å². The minimum absolute atomic E-state index is 0.211. The summed E-state index contributed by atoms with van der Waals surface area (Å²) in [4.78, 5) is 14.1. The summed E-state index contributed by atoms with van der Waals surface area (Å²) in [6.07, 6.45) is 11.4. The Morgan fingerprint density at radius 1 is 1.11 bits per heavy atom. The van der Waals surface area contributed by atoms with E-state index in [1.165, 1.54) is 51.5 Å². The zero-order valence-electron chi connectivity index (χ0n) is 11.8. The highest BCUT2D eigenvalue weighted by Gasteiger charge is 2.26. The average Bonchev–Trinajstić information content (AvgIpc) is 2.68. The summed E-state index contributed by atoms with van der Waals surface area (Å²) in [5.41, 5.74) is 0. The van der Waals surface area contributed by atoms with E-state index in [1.54, 1.807) is 0 Å². The predicted octanol–water partition coefficient (Wildman–Crippen LogP) is 2.70. The minimum atomic E-state index is 0.211. The Labute approximate surface area is 111 Å². The molecule has 1 saturated carbocycles. The summed E-state index contributed by atoms with van der Waals surface area (Å²) in [5, 5.41) is 3.17. The monoisotopic (exact) mass is 252 g/mol. The molecule has 2 rings (SSSR count). The van der Waals surface area contributed by atoms with E-state index in [0.717, 1.165) is 19.0 Å². The maximum Gasteiger partial charge on any atom is 0.219 e. The lowest BCUT2D eigenvalue weighted by Gasteiger charge is -2.38. The number of likely N-dealkylation sites (tertiary alicyclic amines) is 1. The third kappa shape index (κ3) is 3.98. The maximum absolute atomic E-state index is 11.5. The van der Waals surface area contributed by atoms with Crippen molar-refractivity contribution in [2.45, 2.75) is 76.8 Å². The largest absolute Gasteiger partial charge is 0.352 e. The van der Waals surface area contributed by atoms with E-state index in [1.807, 2.05) is 6.92 Å². The molecule has 1 amide bonds. The van der Waals surface area contributed by atoms with Crippen LogP contribution >= 0.6 is 0 Å². The lowest BCUT2D eigenvalue weighted by atomic mass is 10.00. The first-order valence-electron chi connectivity index (χ1n) is 7.83. The fourth-order valence-corrected chi connectivity index (χ4v) is 3.41. The van der Waals surface area contributed by atoms with Crippen molar-refractivity contribution >= 4 is 5.91 Å². The van der Waals surface area contributed by atoms with E-state index in [2.05, 4.69) is 10.2 Å². The number of hydrogen-bond donors (Lipinski definition) is 1. The Kier molecular flexibility index (Phi) is 5.48. The van der Waals surface area contributed by atoms with Gasteiger partial charge in [0.15, 0.2) is 0 Å². The number of nitrogens with one attached hydrogen (secondary N) is 1. The number of nitrogens with zero attached hydrogens (tertiary/aromatic N) is 1. The molecule has 3 nitrogen and oxygen atoms in total. The molecule has 1 aliphatic heterocycles. The normalized spacial score (nSPS) is 27.7. The number of carbonyl (C=O) groups excluding carboxylic acids is 1. The van der Waals surface area contributed by atoms with Gasteiger partial charge in [-0.25, -0.2) is 0 Å². The van der Waals surface area contributed by atoms with Crippen molar-refractivity contribution in [3.63, 3.8) is 0 Å². The molecule has 1 unspecified atom stereocenters. The van der Waals surface area contributed by atoms with Crippen LogP contribution in [0.2, 0.25) is 0 Å². The van der Waals surface area contributed by atoms with Crippen LogP contribution < -0.4 is 5.32 Å². The molecule has 1 N–H and O–H groups in total. The number of rotatable bonds is 3. The van der Waals surface area contributed by atoms with Gasteiger partial charge in [0.25, 0.3) is 0 Å². The predicted molar refractivity (Wildman–Crippen MR) is 74.5 cm³/mol. The van der Waals surface area contributed by atoms with E-state index >= 15 is 0 Å². The van der Waals surface area contributed by atoms with Crippen LogP contribution in [-0.4, -0.2) is 36.0 Å². The van der Waals surface area contributed by atoms with Crippen molar-refractivity contribution in [2.24, 2.45) is 0 Å². The fourth-order valence-electron chi connectivity index (χ4n) is 3.41. The van der Waals surface area contributed by atoms with Crippen molar-refractivity contribution in [3.05, 3.63) is 0 Å². The molecule has 1 heterocycles. The highest BCUT2D eigenvalue weighted by Crippen LogP contribution is 2.24. The van der Waals surface area contributed by atoms with E-state index in [0.29, 0.717) is 12.5 Å². The van der Waals surface area contributed by atoms with Gasteiger partial charge in [0, 0.05) is 25.0 Å². The molecule has 0 aromatic rings. The third-order valence-electron chi connectivity index (χ3n) is 4.48. The first kappa shape index (κ1) is 13.9. The van der Waals surface area contributed by atoms with E-state index in [-0.39, 0.29) is 5.91 Å². The Morgan fingerprint density at radius 3 is 2.50 bits per heavy atom. The molecule has 2 aliphatic rings. The minimum Gasteiger partial charge on any atom is -0.352 e. The van der Waals surface area contributed by atoms with Crippen LogP contribution in [0, 0.1) is 0 Å². The third-order valence-corrected chi connectivity index (χ3v) is 4.48. The van der Waals surface area contributed by atoms with Crippen LogP contribution in [0.5, 0.6) is 0 Å². The highest BCUT2D eigenvalue weighted by atomic mass is 16.1. The summed E-state index contributed by atoms with van der Waals surface area (Å²) >= 11 is 0. The lowest BCUT2D eigenvalue weighted by molar-refractivity contribution is -0.121. The summed E-state index contributed by atoms with van der Waals surface area (Å²) in [6.45, 7) is 4.25. The Bertz CT molecular complexity index is 259. The molecule has 104 valence electrons. The number of amides is 1. The summed E-state index contributed by atoms with van der Waals surface area (Å²) in [5.74, 6) is 0.211. The molecule has 18 heavy (non-hydrogen) atoms. The standard InChI is InChI=1S/C15H28N2O/c1-2-15(18)16-13-8-7-11-17(12-13)14-9-5-3-4-6-10-14/h13-14H,2-12H2,1H3,(H,16,18). The maximum atomic E-state index is 11.5. The molecule has 1 aliphatic carbocycles. The number of carbonyl (C=O) groups is 1. The molecule has 3 heteroatoms. The van der Waals surface area contributed by atoms with E-state index < -0.39 is 0 Å². The Balaban J connectivity index is 1.83. The zero-order chi connectivity index (χ0) is 12.8. The van der Waals surface area contributed by atoms with Gasteiger partial charge in [-0.15, -0.1) is 0 Å². The summed E-state index contributed by atoms with van der Waals surface area (Å²) in [6, 6.07) is 1.18. The summed E-state index contributed by atoms with van der Waals surface area (Å²) in [7, 11) is 0. The van der Waals surface area contributed by atoms with Gasteiger partial charge in [-0.05, 0) is 32.2 Å². The SMILES string of the molecule is CCC(=O)NC1CCCN(C2CCCCCC2)C1. The van der Waals surface area contributed by atoms with Crippen molar-refractivity contribution in [1.29, 1.82) is 0 Å². The molecule has 1 atom stereocenters. The molecular formula is C15H28N2O. The zero-order valence-corrected chi connectivity index (χ0v) is 11.8. The number of piperidine rings is 1. The van der Waals surface area contributed by atoms with Crippen molar-refractivity contribution in [1.82, 2.24) is 10.2 Å². The van der Waals surface area contributed by atoms with E-state index in [9.17, 15) is 4.79 Å². The van der Waals surface area contributed by atoms with Crippen LogP contribution in [0.3, 0.4) is 0 Å². The first-order chi connectivity index (χ1) is 8.79. The molecule has 0 spiro atoms. The molecule has 2 fully saturated rings. The number of hydrogen-bond acceptors (Lipinski definition) is 2. The van der Waals surface area contributed by atoms with Crippen LogP contribution in [-0.2, 0) is 4.79 Å². The molecule has 1 saturated heterocycles. The van der Waals surface area contributed by atoms with Crippen LogP contribution in [0.15, 0.2) is 0 Å². The fraction of sp³-hybridized carbons (Fsp3) is 0.933. The van der Waals surface area contributed by atoms with Crippen molar-refractivity contribution in [2.75, 3.05) is 13.1 Å². The Morgan fingerprint density at radius 2 is 1.83 bits per heavy atom. The molecule has 0 bridgehead atoms. The average molecular weight is 252 g/mol. The van der Waals surface area contributed by atoms with Crippen LogP contribution in [0.4, 0.5) is 0 Å². The van der Waals surface area contributed by atoms with Gasteiger partial charge in [0.05, 0.1) is 0 Å². The molecular weight excluding hydrogens is 224 g/mol. The van der Waals surface area contributed by atoms with Crippen LogP contribution in [0.1, 0.15) is 64.7 Å². The van der Waals surface area contributed by atoms with Gasteiger partial charge in [-0.2, -0.15) is 0 Å². The van der Waals surface area contributed by atoms with Crippen LogP contribution in [0.25, 0.3) is 0 Å². The molecule has 0 aromatic carbocycles. The first-order valence-corrected chi connectivity index (χ1v) is 7.83.